The van der Waals surface area contributed by atoms with Crippen LogP contribution in [0.1, 0.15) is 57.4 Å². The molecule has 0 unspecified atom stereocenters. The van der Waals surface area contributed by atoms with Gasteiger partial charge in [0.05, 0.1) is 0 Å². The van der Waals surface area contributed by atoms with Crippen LogP contribution in [0, 0.1) is 6.92 Å². The number of rotatable bonds is 6. The Morgan fingerprint density at radius 1 is 1.26 bits per heavy atom. The van der Waals surface area contributed by atoms with Crippen molar-refractivity contribution < 1.29 is 0 Å². The summed E-state index contributed by atoms with van der Waals surface area (Å²) in [6, 6.07) is 0.589. The molecule has 0 bridgehead atoms. The minimum absolute atomic E-state index is 0.589. The van der Waals surface area contributed by atoms with Crippen molar-refractivity contribution in [3.63, 3.8) is 0 Å². The highest BCUT2D eigenvalue weighted by Crippen LogP contribution is 2.22. The van der Waals surface area contributed by atoms with Gasteiger partial charge in [-0.15, -0.1) is 0 Å². The van der Waals surface area contributed by atoms with E-state index in [1.165, 1.54) is 38.5 Å². The third-order valence-corrected chi connectivity index (χ3v) is 3.73. The van der Waals surface area contributed by atoms with Gasteiger partial charge in [0.1, 0.15) is 5.82 Å². The third-order valence-electron chi connectivity index (χ3n) is 3.73. The van der Waals surface area contributed by atoms with Crippen LogP contribution in [0.2, 0.25) is 0 Å². The average molecular weight is 262 g/mol. The fourth-order valence-corrected chi connectivity index (χ4v) is 2.49. The van der Waals surface area contributed by atoms with Crippen LogP contribution in [0.5, 0.6) is 0 Å². The number of aromatic nitrogens is 2. The van der Waals surface area contributed by atoms with Gasteiger partial charge in [0.15, 0.2) is 0 Å². The molecule has 2 N–H and O–H groups in total. The molecule has 0 amide bonds. The predicted molar refractivity (Wildman–Crippen MR) is 80.7 cm³/mol. The molecule has 0 aliphatic heterocycles. The Morgan fingerprint density at radius 2 is 2.05 bits per heavy atom. The number of hydrogen-bond acceptors (Lipinski definition) is 4. The van der Waals surface area contributed by atoms with E-state index in [4.69, 9.17) is 0 Å². The lowest BCUT2D eigenvalue weighted by atomic mass is 9.95. The van der Waals surface area contributed by atoms with Gasteiger partial charge in [0, 0.05) is 24.3 Å². The van der Waals surface area contributed by atoms with Crippen molar-refractivity contribution in [3.8, 4) is 0 Å². The zero-order chi connectivity index (χ0) is 13.5. The molecule has 0 saturated heterocycles. The Bertz CT molecular complexity index is 386. The summed E-state index contributed by atoms with van der Waals surface area (Å²) >= 11 is 0. The van der Waals surface area contributed by atoms with E-state index in [2.05, 4.69) is 34.4 Å². The first-order chi connectivity index (χ1) is 9.29. The van der Waals surface area contributed by atoms with Crippen molar-refractivity contribution in [2.75, 3.05) is 17.2 Å². The molecular formula is C15H26N4. The van der Waals surface area contributed by atoms with Gasteiger partial charge in [-0.05, 0) is 26.2 Å². The van der Waals surface area contributed by atoms with E-state index >= 15 is 0 Å². The maximum absolute atomic E-state index is 4.60. The van der Waals surface area contributed by atoms with Gasteiger partial charge in [-0.2, -0.15) is 4.98 Å². The molecule has 1 heterocycles. The van der Waals surface area contributed by atoms with Gasteiger partial charge < -0.3 is 10.6 Å². The Labute approximate surface area is 116 Å². The van der Waals surface area contributed by atoms with Crippen LogP contribution in [-0.4, -0.2) is 22.6 Å². The van der Waals surface area contributed by atoms with Crippen LogP contribution in [0.3, 0.4) is 0 Å². The van der Waals surface area contributed by atoms with E-state index in [1.807, 2.05) is 6.20 Å². The Hall–Kier alpha value is -1.32. The second-order valence-electron chi connectivity index (χ2n) is 5.48. The third kappa shape index (κ3) is 4.37. The smallest absolute Gasteiger partial charge is 0.224 e. The second kappa shape index (κ2) is 7.31. The fourth-order valence-electron chi connectivity index (χ4n) is 2.49. The number of nitrogens with one attached hydrogen (secondary N) is 2. The lowest BCUT2D eigenvalue weighted by Crippen LogP contribution is -2.23. The van der Waals surface area contributed by atoms with Crippen LogP contribution in [0.4, 0.5) is 11.8 Å². The van der Waals surface area contributed by atoms with Gasteiger partial charge in [-0.1, -0.05) is 32.6 Å². The van der Waals surface area contributed by atoms with Crippen molar-refractivity contribution in [1.29, 1.82) is 0 Å². The summed E-state index contributed by atoms with van der Waals surface area (Å²) in [5.41, 5.74) is 1.13. The van der Waals surface area contributed by atoms with E-state index in [9.17, 15) is 0 Å². The van der Waals surface area contributed by atoms with Gasteiger partial charge in [0.2, 0.25) is 5.95 Å². The molecule has 0 radical (unpaired) electrons. The first-order valence-corrected chi connectivity index (χ1v) is 7.63. The highest BCUT2D eigenvalue weighted by Gasteiger charge is 2.14. The van der Waals surface area contributed by atoms with Gasteiger partial charge in [0.25, 0.3) is 0 Å². The molecule has 4 heteroatoms. The van der Waals surface area contributed by atoms with E-state index in [1.54, 1.807) is 0 Å². The monoisotopic (exact) mass is 262 g/mol. The van der Waals surface area contributed by atoms with Gasteiger partial charge >= 0.3 is 0 Å². The molecule has 2 rings (SSSR count). The molecule has 1 aromatic rings. The van der Waals surface area contributed by atoms with E-state index in [0.29, 0.717) is 6.04 Å². The lowest BCUT2D eigenvalue weighted by molar-refractivity contribution is 0.461. The number of hydrogen-bond donors (Lipinski definition) is 2. The van der Waals surface area contributed by atoms with Crippen LogP contribution in [0.15, 0.2) is 6.20 Å². The number of nitrogens with zero attached hydrogens (tertiary/aromatic N) is 2. The summed E-state index contributed by atoms with van der Waals surface area (Å²) in [6.45, 7) is 5.21. The van der Waals surface area contributed by atoms with Gasteiger partial charge in [-0.3, -0.25) is 0 Å². The van der Waals surface area contributed by atoms with Gasteiger partial charge in [-0.25, -0.2) is 4.98 Å². The normalized spacial score (nSPS) is 16.3. The first kappa shape index (κ1) is 14.1. The fraction of sp³-hybridized carbons (Fsp3) is 0.733. The molecule has 1 aliphatic carbocycles. The lowest BCUT2D eigenvalue weighted by Gasteiger charge is -2.24. The zero-order valence-electron chi connectivity index (χ0n) is 12.2. The maximum atomic E-state index is 4.60. The summed E-state index contributed by atoms with van der Waals surface area (Å²) in [7, 11) is 0. The molecule has 1 aliphatic rings. The molecule has 0 atom stereocenters. The second-order valence-corrected chi connectivity index (χ2v) is 5.48. The molecule has 1 fully saturated rings. The van der Waals surface area contributed by atoms with Crippen molar-refractivity contribution in [3.05, 3.63) is 11.8 Å². The molecule has 1 aromatic heterocycles. The number of aryl methyl sites for hydroxylation is 1. The Morgan fingerprint density at radius 3 is 2.79 bits per heavy atom. The molecule has 19 heavy (non-hydrogen) atoms. The maximum Gasteiger partial charge on any atom is 0.224 e. The largest absolute Gasteiger partial charge is 0.367 e. The standard InChI is InChI=1S/C15H26N4/c1-3-4-10-16-15-17-11-12(2)14(19-15)18-13-8-6-5-7-9-13/h11,13H,3-10H2,1-2H3,(H2,16,17,18,19). The van der Waals surface area contributed by atoms with E-state index < -0.39 is 0 Å². The van der Waals surface area contributed by atoms with E-state index in [-0.39, 0.29) is 0 Å². The number of anilines is 2. The summed E-state index contributed by atoms with van der Waals surface area (Å²) in [6.07, 6.45) is 10.8. The van der Waals surface area contributed by atoms with Crippen LogP contribution in [-0.2, 0) is 0 Å². The quantitative estimate of drug-likeness (QED) is 0.767. The van der Waals surface area contributed by atoms with E-state index in [0.717, 1.165) is 30.3 Å². The SMILES string of the molecule is CCCCNc1ncc(C)c(NC2CCCCC2)n1. The molecule has 0 spiro atoms. The van der Waals surface area contributed by atoms with Crippen molar-refractivity contribution >= 4 is 11.8 Å². The topological polar surface area (TPSA) is 49.8 Å². The molecule has 106 valence electrons. The molecule has 1 saturated carbocycles. The zero-order valence-corrected chi connectivity index (χ0v) is 12.2. The van der Waals surface area contributed by atoms with Crippen LogP contribution >= 0.6 is 0 Å². The summed E-state index contributed by atoms with van der Waals surface area (Å²) in [5, 5.41) is 6.88. The minimum Gasteiger partial charge on any atom is -0.367 e. The Kier molecular flexibility index (Phi) is 5.43. The molecular weight excluding hydrogens is 236 g/mol. The number of unbranched alkanes of at least 4 members (excludes halogenated alkanes) is 1. The predicted octanol–water partition coefficient (Wildman–Crippen LogP) is 3.74. The first-order valence-electron chi connectivity index (χ1n) is 7.63. The van der Waals surface area contributed by atoms with Crippen molar-refractivity contribution in [2.45, 2.75) is 64.8 Å². The molecule has 0 aromatic carbocycles. The highest BCUT2D eigenvalue weighted by molar-refractivity contribution is 5.47. The van der Waals surface area contributed by atoms with Crippen LogP contribution in [0.25, 0.3) is 0 Å². The Balaban J connectivity index is 1.95. The molecule has 4 nitrogen and oxygen atoms in total. The minimum atomic E-state index is 0.589. The summed E-state index contributed by atoms with van der Waals surface area (Å²) in [5.74, 6) is 1.75. The van der Waals surface area contributed by atoms with Crippen molar-refractivity contribution in [1.82, 2.24) is 9.97 Å². The summed E-state index contributed by atoms with van der Waals surface area (Å²) in [4.78, 5) is 8.95. The van der Waals surface area contributed by atoms with Crippen LogP contribution < -0.4 is 10.6 Å². The summed E-state index contributed by atoms with van der Waals surface area (Å²) < 4.78 is 0. The van der Waals surface area contributed by atoms with Crippen molar-refractivity contribution in [2.24, 2.45) is 0 Å². The highest BCUT2D eigenvalue weighted by atomic mass is 15.1. The average Bonchev–Trinajstić information content (AvgIpc) is 2.44.